The van der Waals surface area contributed by atoms with E-state index in [1.807, 2.05) is 12.1 Å². The van der Waals surface area contributed by atoms with Gasteiger partial charge in [0.05, 0.1) is 5.02 Å². The fourth-order valence-corrected chi connectivity index (χ4v) is 1.99. The molecule has 16 heavy (non-hydrogen) atoms. The molecule has 0 heterocycles. The van der Waals surface area contributed by atoms with Gasteiger partial charge in [-0.05, 0) is 24.5 Å². The summed E-state index contributed by atoms with van der Waals surface area (Å²) in [4.78, 5) is 12.2. The van der Waals surface area contributed by atoms with Crippen molar-refractivity contribution in [3.05, 3.63) is 34.9 Å². The van der Waals surface area contributed by atoms with Crippen LogP contribution in [0.4, 0.5) is 0 Å². The first kappa shape index (κ1) is 13.2. The van der Waals surface area contributed by atoms with E-state index in [0.717, 1.165) is 6.42 Å². The predicted octanol–water partition coefficient (Wildman–Crippen LogP) is 3.14. The van der Waals surface area contributed by atoms with Crippen molar-refractivity contribution in [2.75, 3.05) is 6.54 Å². The summed E-state index contributed by atoms with van der Waals surface area (Å²) in [7, 11) is 0. The van der Waals surface area contributed by atoms with Crippen molar-refractivity contribution >= 4 is 17.4 Å². The van der Waals surface area contributed by atoms with Gasteiger partial charge < -0.3 is 5.73 Å². The van der Waals surface area contributed by atoms with Crippen LogP contribution in [-0.2, 0) is 0 Å². The Kier molecular flexibility index (Phi) is 4.97. The zero-order valence-electron chi connectivity index (χ0n) is 9.74. The summed E-state index contributed by atoms with van der Waals surface area (Å²) < 4.78 is 0. The van der Waals surface area contributed by atoms with Crippen molar-refractivity contribution in [3.8, 4) is 0 Å². The first-order chi connectivity index (χ1) is 7.56. The Labute approximate surface area is 102 Å². The van der Waals surface area contributed by atoms with Crippen molar-refractivity contribution in [1.82, 2.24) is 0 Å². The van der Waals surface area contributed by atoms with Crippen LogP contribution in [0.25, 0.3) is 0 Å². The van der Waals surface area contributed by atoms with Crippen molar-refractivity contribution in [1.29, 1.82) is 0 Å². The van der Waals surface area contributed by atoms with Gasteiger partial charge in [0, 0.05) is 18.0 Å². The largest absolute Gasteiger partial charge is 0.330 e. The average Bonchev–Trinajstić information content (AvgIpc) is 2.25. The number of hydrogen-bond acceptors (Lipinski definition) is 2. The number of Topliss-reactive ketones (excluding diaryl/α,β-unsaturated/α-hetero) is 1. The molecule has 0 aliphatic carbocycles. The van der Waals surface area contributed by atoms with Crippen molar-refractivity contribution in [2.45, 2.75) is 20.3 Å². The zero-order valence-corrected chi connectivity index (χ0v) is 10.5. The van der Waals surface area contributed by atoms with E-state index < -0.39 is 0 Å². The summed E-state index contributed by atoms with van der Waals surface area (Å²) in [5, 5.41) is 0.509. The molecule has 0 fully saturated rings. The highest BCUT2D eigenvalue weighted by atomic mass is 35.5. The van der Waals surface area contributed by atoms with Crippen molar-refractivity contribution in [2.24, 2.45) is 17.6 Å². The van der Waals surface area contributed by atoms with Crippen LogP contribution in [0.5, 0.6) is 0 Å². The molecule has 0 spiro atoms. The smallest absolute Gasteiger partial charge is 0.168 e. The van der Waals surface area contributed by atoms with E-state index in [-0.39, 0.29) is 11.7 Å². The summed E-state index contributed by atoms with van der Waals surface area (Å²) >= 11 is 6.00. The van der Waals surface area contributed by atoms with Crippen LogP contribution in [0, 0.1) is 11.8 Å². The molecule has 0 radical (unpaired) electrons. The van der Waals surface area contributed by atoms with Gasteiger partial charge in [-0.2, -0.15) is 0 Å². The van der Waals surface area contributed by atoms with E-state index in [1.54, 1.807) is 12.1 Å². The Morgan fingerprint density at radius 3 is 2.50 bits per heavy atom. The minimum absolute atomic E-state index is 0.0572. The number of ketones is 1. The third-order valence-electron chi connectivity index (χ3n) is 2.55. The van der Waals surface area contributed by atoms with E-state index >= 15 is 0 Å². The summed E-state index contributed by atoms with van der Waals surface area (Å²) in [5.41, 5.74) is 6.23. The molecule has 2 nitrogen and oxygen atoms in total. The minimum Gasteiger partial charge on any atom is -0.330 e. The number of halogens is 1. The number of rotatable bonds is 5. The highest BCUT2D eigenvalue weighted by molar-refractivity contribution is 6.34. The summed E-state index contributed by atoms with van der Waals surface area (Å²) in [6.07, 6.45) is 0.806. The third-order valence-corrected chi connectivity index (χ3v) is 2.88. The van der Waals surface area contributed by atoms with Gasteiger partial charge in [-0.15, -0.1) is 0 Å². The lowest BCUT2D eigenvalue weighted by Gasteiger charge is -2.16. The maximum atomic E-state index is 12.2. The van der Waals surface area contributed by atoms with Gasteiger partial charge in [0.1, 0.15) is 0 Å². The zero-order chi connectivity index (χ0) is 12.1. The highest BCUT2D eigenvalue weighted by Gasteiger charge is 2.21. The van der Waals surface area contributed by atoms with Gasteiger partial charge in [0.2, 0.25) is 0 Å². The van der Waals surface area contributed by atoms with Gasteiger partial charge >= 0.3 is 0 Å². The molecule has 1 unspecified atom stereocenters. The van der Waals surface area contributed by atoms with Crippen LogP contribution >= 0.6 is 11.6 Å². The Morgan fingerprint density at radius 2 is 2.00 bits per heavy atom. The molecule has 1 atom stereocenters. The Morgan fingerprint density at radius 1 is 1.38 bits per heavy atom. The normalized spacial score (nSPS) is 12.8. The fraction of sp³-hybridized carbons (Fsp3) is 0.462. The lowest BCUT2D eigenvalue weighted by molar-refractivity contribution is 0.0909. The van der Waals surface area contributed by atoms with Crippen LogP contribution in [0.3, 0.4) is 0 Å². The number of benzene rings is 1. The number of carbonyl (C=O) groups is 1. The second-order valence-electron chi connectivity index (χ2n) is 4.41. The lowest BCUT2D eigenvalue weighted by atomic mass is 9.90. The van der Waals surface area contributed by atoms with Crippen molar-refractivity contribution < 1.29 is 4.79 Å². The SMILES string of the molecule is CC(C)CC(CN)C(=O)c1ccccc1Cl. The molecular weight excluding hydrogens is 222 g/mol. The lowest BCUT2D eigenvalue weighted by Crippen LogP contribution is -2.25. The molecule has 0 saturated heterocycles. The molecule has 88 valence electrons. The van der Waals surface area contributed by atoms with E-state index in [2.05, 4.69) is 13.8 Å². The standard InChI is InChI=1S/C13H18ClNO/c1-9(2)7-10(8-15)13(16)11-5-3-4-6-12(11)14/h3-6,9-10H,7-8,15H2,1-2H3. The highest BCUT2D eigenvalue weighted by Crippen LogP contribution is 2.22. The van der Waals surface area contributed by atoms with E-state index in [4.69, 9.17) is 17.3 Å². The Hall–Kier alpha value is -0.860. The molecule has 0 aliphatic rings. The van der Waals surface area contributed by atoms with Crippen LogP contribution in [0.15, 0.2) is 24.3 Å². The Balaban J connectivity index is 2.87. The topological polar surface area (TPSA) is 43.1 Å². The maximum absolute atomic E-state index is 12.2. The summed E-state index contributed by atoms with van der Waals surface area (Å²) in [6, 6.07) is 7.13. The van der Waals surface area contributed by atoms with Crippen LogP contribution < -0.4 is 5.73 Å². The molecule has 2 N–H and O–H groups in total. The van der Waals surface area contributed by atoms with E-state index in [9.17, 15) is 4.79 Å². The van der Waals surface area contributed by atoms with E-state index in [0.29, 0.717) is 23.0 Å². The molecule has 3 heteroatoms. The fourth-order valence-electron chi connectivity index (χ4n) is 1.76. The molecule has 0 amide bonds. The van der Waals surface area contributed by atoms with Crippen molar-refractivity contribution in [3.63, 3.8) is 0 Å². The molecule has 1 aromatic rings. The maximum Gasteiger partial charge on any atom is 0.168 e. The molecular formula is C13H18ClNO. The quantitative estimate of drug-likeness (QED) is 0.803. The average molecular weight is 240 g/mol. The van der Waals surface area contributed by atoms with Gasteiger partial charge in [0.25, 0.3) is 0 Å². The number of nitrogens with two attached hydrogens (primary N) is 1. The molecule has 0 bridgehead atoms. The first-order valence-electron chi connectivity index (χ1n) is 5.55. The molecule has 1 rings (SSSR count). The number of carbonyl (C=O) groups excluding carboxylic acids is 1. The summed E-state index contributed by atoms with van der Waals surface area (Å²) in [5.74, 6) is 0.390. The molecule has 1 aromatic carbocycles. The monoisotopic (exact) mass is 239 g/mol. The summed E-state index contributed by atoms with van der Waals surface area (Å²) in [6.45, 7) is 4.55. The molecule has 0 aromatic heterocycles. The molecule has 0 saturated carbocycles. The van der Waals surface area contributed by atoms with Gasteiger partial charge in [-0.3, -0.25) is 4.79 Å². The van der Waals surface area contributed by atoms with Gasteiger partial charge in [-0.1, -0.05) is 37.6 Å². The van der Waals surface area contributed by atoms with Crippen LogP contribution in [0.2, 0.25) is 5.02 Å². The van der Waals surface area contributed by atoms with Crippen LogP contribution in [0.1, 0.15) is 30.6 Å². The molecule has 0 aliphatic heterocycles. The minimum atomic E-state index is -0.125. The number of hydrogen-bond donors (Lipinski definition) is 1. The first-order valence-corrected chi connectivity index (χ1v) is 5.92. The predicted molar refractivity (Wildman–Crippen MR) is 67.8 cm³/mol. The van der Waals surface area contributed by atoms with Gasteiger partial charge in [0.15, 0.2) is 5.78 Å². The second kappa shape index (κ2) is 6.02. The van der Waals surface area contributed by atoms with Crippen LogP contribution in [-0.4, -0.2) is 12.3 Å². The van der Waals surface area contributed by atoms with Gasteiger partial charge in [-0.25, -0.2) is 0 Å². The Bertz CT molecular complexity index is 363. The second-order valence-corrected chi connectivity index (χ2v) is 4.81. The third kappa shape index (κ3) is 3.32. The van der Waals surface area contributed by atoms with E-state index in [1.165, 1.54) is 0 Å².